The summed E-state index contributed by atoms with van der Waals surface area (Å²) in [6.45, 7) is 7.47. The molecule has 1 heterocycles. The van der Waals surface area contributed by atoms with Crippen LogP contribution in [-0.4, -0.2) is 42.4 Å². The number of nitrogens with zero attached hydrogens (tertiary/aromatic N) is 1. The molecule has 1 saturated heterocycles. The van der Waals surface area contributed by atoms with Crippen molar-refractivity contribution in [2.24, 2.45) is 11.8 Å². The zero-order valence-corrected chi connectivity index (χ0v) is 13.7. The maximum absolute atomic E-state index is 9.67. The minimum atomic E-state index is 0.187. The summed E-state index contributed by atoms with van der Waals surface area (Å²) in [6, 6.07) is 8.05. The van der Waals surface area contributed by atoms with Crippen LogP contribution in [0.1, 0.15) is 26.7 Å². The monoisotopic (exact) mass is 311 g/mol. The van der Waals surface area contributed by atoms with Gasteiger partial charge in [-0.3, -0.25) is 0 Å². The first kappa shape index (κ1) is 16.6. The van der Waals surface area contributed by atoms with Gasteiger partial charge in [-0.1, -0.05) is 17.7 Å². The molecule has 1 N–H and O–H groups in total. The average molecular weight is 312 g/mol. The van der Waals surface area contributed by atoms with E-state index in [1.807, 2.05) is 24.3 Å². The fraction of sp³-hybridized carbons (Fsp3) is 0.647. The van der Waals surface area contributed by atoms with Crippen molar-refractivity contribution in [3.63, 3.8) is 0 Å². The van der Waals surface area contributed by atoms with Crippen LogP contribution in [0.4, 0.5) is 0 Å². The van der Waals surface area contributed by atoms with Gasteiger partial charge in [0.05, 0.1) is 6.61 Å². The summed E-state index contributed by atoms with van der Waals surface area (Å²) in [5.41, 5.74) is 0. The van der Waals surface area contributed by atoms with Gasteiger partial charge in [0.25, 0.3) is 0 Å². The van der Waals surface area contributed by atoms with Crippen molar-refractivity contribution in [1.82, 2.24) is 4.90 Å². The normalized spacial score (nSPS) is 18.9. The molecule has 1 aliphatic rings. The first-order valence-electron chi connectivity index (χ1n) is 7.83. The number of aliphatic hydroxyl groups excluding tert-OH is 1. The smallest absolute Gasteiger partial charge is 0.120 e. The number of likely N-dealkylation sites (tertiary alicyclic amines) is 1. The molecule has 0 spiro atoms. The molecule has 2 rings (SSSR count). The zero-order chi connectivity index (χ0) is 15.2. The summed E-state index contributed by atoms with van der Waals surface area (Å²) in [5.74, 6) is 1.53. The van der Waals surface area contributed by atoms with Crippen LogP contribution >= 0.6 is 11.6 Å². The molecule has 0 aromatic heterocycles. The van der Waals surface area contributed by atoms with Crippen LogP contribution in [0.15, 0.2) is 24.3 Å². The van der Waals surface area contributed by atoms with E-state index in [0.717, 1.165) is 31.7 Å². The Bertz CT molecular complexity index is 431. The number of benzene rings is 1. The van der Waals surface area contributed by atoms with Crippen molar-refractivity contribution in [3.8, 4) is 5.75 Å². The Labute approximate surface area is 132 Å². The average Bonchev–Trinajstić information content (AvgIpc) is 2.48. The molecule has 1 atom stereocenters. The highest BCUT2D eigenvalue weighted by molar-refractivity contribution is 6.30. The van der Waals surface area contributed by atoms with Gasteiger partial charge in [0.1, 0.15) is 5.75 Å². The number of halogens is 1. The number of hydrogen-bond acceptors (Lipinski definition) is 3. The number of aliphatic hydroxyl groups is 1. The molecule has 1 aliphatic heterocycles. The van der Waals surface area contributed by atoms with Crippen molar-refractivity contribution in [2.75, 3.05) is 26.3 Å². The van der Waals surface area contributed by atoms with E-state index in [4.69, 9.17) is 16.3 Å². The molecular weight excluding hydrogens is 286 g/mol. The Morgan fingerprint density at radius 3 is 2.62 bits per heavy atom. The highest BCUT2D eigenvalue weighted by Crippen LogP contribution is 2.27. The van der Waals surface area contributed by atoms with Gasteiger partial charge in [-0.25, -0.2) is 0 Å². The topological polar surface area (TPSA) is 32.7 Å². The lowest BCUT2D eigenvalue weighted by atomic mass is 9.85. The molecule has 0 saturated carbocycles. The van der Waals surface area contributed by atoms with Gasteiger partial charge >= 0.3 is 0 Å². The third-order valence-electron chi connectivity index (χ3n) is 4.47. The lowest BCUT2D eigenvalue weighted by Crippen LogP contribution is -2.41. The van der Waals surface area contributed by atoms with Gasteiger partial charge in [-0.2, -0.15) is 0 Å². The molecule has 1 aromatic rings. The molecule has 1 aromatic carbocycles. The summed E-state index contributed by atoms with van der Waals surface area (Å²) in [7, 11) is 0. The largest absolute Gasteiger partial charge is 0.493 e. The van der Waals surface area contributed by atoms with Gasteiger partial charge in [0, 0.05) is 23.6 Å². The van der Waals surface area contributed by atoms with Gasteiger partial charge in [0.15, 0.2) is 0 Å². The van der Waals surface area contributed by atoms with E-state index in [-0.39, 0.29) is 12.5 Å². The van der Waals surface area contributed by atoms with Crippen LogP contribution in [-0.2, 0) is 0 Å². The van der Waals surface area contributed by atoms with E-state index in [0.29, 0.717) is 23.6 Å². The predicted octanol–water partition coefficient (Wildman–Crippen LogP) is 3.45. The summed E-state index contributed by atoms with van der Waals surface area (Å²) >= 11 is 5.95. The van der Waals surface area contributed by atoms with E-state index in [9.17, 15) is 5.11 Å². The van der Waals surface area contributed by atoms with Gasteiger partial charge in [-0.05, 0) is 63.9 Å². The quantitative estimate of drug-likeness (QED) is 0.873. The Morgan fingerprint density at radius 2 is 2.05 bits per heavy atom. The van der Waals surface area contributed by atoms with Gasteiger partial charge in [0.2, 0.25) is 0 Å². The molecule has 0 radical (unpaired) electrons. The molecule has 0 bridgehead atoms. The summed E-state index contributed by atoms with van der Waals surface area (Å²) in [6.07, 6.45) is 2.28. The molecule has 0 aliphatic carbocycles. The third-order valence-corrected chi connectivity index (χ3v) is 4.70. The second kappa shape index (κ2) is 8.02. The van der Waals surface area contributed by atoms with Crippen molar-refractivity contribution in [3.05, 3.63) is 29.3 Å². The van der Waals surface area contributed by atoms with Gasteiger partial charge in [-0.15, -0.1) is 0 Å². The number of piperidine rings is 1. The number of rotatable bonds is 6. The van der Waals surface area contributed by atoms with E-state index < -0.39 is 0 Å². The Balaban J connectivity index is 1.83. The zero-order valence-electron chi connectivity index (χ0n) is 13.0. The number of ether oxygens (including phenoxy) is 1. The van der Waals surface area contributed by atoms with E-state index in [1.54, 1.807) is 0 Å². The van der Waals surface area contributed by atoms with Crippen LogP contribution in [0.5, 0.6) is 5.75 Å². The van der Waals surface area contributed by atoms with Crippen molar-refractivity contribution < 1.29 is 9.84 Å². The fourth-order valence-corrected chi connectivity index (χ4v) is 3.19. The molecule has 1 fully saturated rings. The van der Waals surface area contributed by atoms with Crippen molar-refractivity contribution in [2.45, 2.75) is 32.7 Å². The molecule has 0 amide bonds. The van der Waals surface area contributed by atoms with Crippen molar-refractivity contribution >= 4 is 11.6 Å². The third kappa shape index (κ3) is 4.87. The van der Waals surface area contributed by atoms with Crippen molar-refractivity contribution in [1.29, 1.82) is 0 Å². The Morgan fingerprint density at radius 1 is 1.33 bits per heavy atom. The molecule has 1 unspecified atom stereocenters. The second-order valence-corrected chi connectivity index (χ2v) is 6.61. The Kier molecular flexibility index (Phi) is 6.34. The maximum Gasteiger partial charge on any atom is 0.120 e. The summed E-state index contributed by atoms with van der Waals surface area (Å²) in [5, 5.41) is 10.3. The lowest BCUT2D eigenvalue weighted by Gasteiger charge is -2.37. The van der Waals surface area contributed by atoms with Crippen LogP contribution in [0, 0.1) is 11.8 Å². The van der Waals surface area contributed by atoms with Crippen LogP contribution in [0.2, 0.25) is 5.02 Å². The summed E-state index contributed by atoms with van der Waals surface area (Å²) in [4.78, 5) is 2.50. The minimum absolute atomic E-state index is 0.187. The minimum Gasteiger partial charge on any atom is -0.493 e. The van der Waals surface area contributed by atoms with Crippen LogP contribution in [0.3, 0.4) is 0 Å². The second-order valence-electron chi connectivity index (χ2n) is 6.18. The SMILES string of the molecule is CC(C)N1CCC(C(CO)COc2cccc(Cl)c2)CC1. The van der Waals surface area contributed by atoms with E-state index in [1.165, 1.54) is 0 Å². The van der Waals surface area contributed by atoms with Gasteiger partial charge < -0.3 is 14.7 Å². The first-order valence-corrected chi connectivity index (χ1v) is 8.21. The first-order chi connectivity index (χ1) is 10.1. The van der Waals surface area contributed by atoms with E-state index >= 15 is 0 Å². The lowest BCUT2D eigenvalue weighted by molar-refractivity contribution is 0.0648. The number of hydrogen-bond donors (Lipinski definition) is 1. The van der Waals surface area contributed by atoms with Crippen LogP contribution < -0.4 is 4.74 Å². The highest BCUT2D eigenvalue weighted by atomic mass is 35.5. The van der Waals surface area contributed by atoms with E-state index in [2.05, 4.69) is 18.7 Å². The Hall–Kier alpha value is -0.770. The highest BCUT2D eigenvalue weighted by Gasteiger charge is 2.27. The molecular formula is C17H26ClNO2. The van der Waals surface area contributed by atoms with Crippen LogP contribution in [0.25, 0.3) is 0 Å². The maximum atomic E-state index is 9.67. The predicted molar refractivity (Wildman–Crippen MR) is 87.0 cm³/mol. The molecule has 118 valence electrons. The fourth-order valence-electron chi connectivity index (χ4n) is 3.01. The molecule has 4 heteroatoms. The standard InChI is InChI=1S/C17H26ClNO2/c1-13(2)19-8-6-14(7-9-19)15(11-20)12-21-17-5-3-4-16(18)10-17/h3-5,10,13-15,20H,6-9,11-12H2,1-2H3. The molecule has 3 nitrogen and oxygen atoms in total. The summed E-state index contributed by atoms with van der Waals surface area (Å²) < 4.78 is 5.81. The molecule has 21 heavy (non-hydrogen) atoms.